The van der Waals surface area contributed by atoms with E-state index in [-0.39, 0.29) is 17.5 Å². The summed E-state index contributed by atoms with van der Waals surface area (Å²) in [6.07, 6.45) is 3.58. The number of H-pyrrole nitrogens is 1. The quantitative estimate of drug-likeness (QED) is 0.565. The Morgan fingerprint density at radius 1 is 1.20 bits per heavy atom. The molecule has 0 aliphatic carbocycles. The Morgan fingerprint density at radius 2 is 2.03 bits per heavy atom. The molecule has 1 aliphatic heterocycles. The number of para-hydroxylation sites is 1. The van der Waals surface area contributed by atoms with E-state index >= 15 is 0 Å². The summed E-state index contributed by atoms with van der Waals surface area (Å²) in [6.45, 7) is 8.99. The molecule has 5 rings (SSSR count). The Balaban J connectivity index is 1.41. The topological polar surface area (TPSA) is 79.7 Å². The van der Waals surface area contributed by atoms with Crippen LogP contribution in [0.5, 0.6) is 0 Å². The molecule has 0 bridgehead atoms. The van der Waals surface area contributed by atoms with Crippen LogP contribution in [0.15, 0.2) is 47.5 Å². The first-order chi connectivity index (χ1) is 14.5. The summed E-state index contributed by atoms with van der Waals surface area (Å²) in [7, 11) is 0. The minimum absolute atomic E-state index is 0.105. The number of aromatic amines is 1. The number of rotatable bonds is 4. The maximum absolute atomic E-state index is 12.6. The number of hydrogen-bond acceptors (Lipinski definition) is 5. The molecular formula is C23H26N6O. The van der Waals surface area contributed by atoms with Crippen LogP contribution in [0.1, 0.15) is 44.1 Å². The van der Waals surface area contributed by atoms with E-state index < -0.39 is 0 Å². The van der Waals surface area contributed by atoms with Crippen molar-refractivity contribution in [2.75, 3.05) is 13.1 Å². The average molecular weight is 403 g/mol. The summed E-state index contributed by atoms with van der Waals surface area (Å²) < 4.78 is 1.83. The van der Waals surface area contributed by atoms with E-state index in [0.717, 1.165) is 36.4 Å². The van der Waals surface area contributed by atoms with Crippen LogP contribution >= 0.6 is 0 Å². The fourth-order valence-corrected chi connectivity index (χ4v) is 4.52. The molecule has 30 heavy (non-hydrogen) atoms. The first-order valence-electron chi connectivity index (χ1n) is 10.5. The van der Waals surface area contributed by atoms with E-state index in [1.165, 1.54) is 5.56 Å². The number of pyridine rings is 1. The van der Waals surface area contributed by atoms with E-state index in [0.29, 0.717) is 17.0 Å². The summed E-state index contributed by atoms with van der Waals surface area (Å²) >= 11 is 0. The van der Waals surface area contributed by atoms with Crippen LogP contribution in [0, 0.1) is 5.92 Å². The molecule has 7 heteroatoms. The molecule has 0 amide bonds. The summed E-state index contributed by atoms with van der Waals surface area (Å²) in [5.41, 5.74) is 2.79. The molecule has 1 N–H and O–H groups in total. The van der Waals surface area contributed by atoms with Gasteiger partial charge >= 0.3 is 0 Å². The lowest BCUT2D eigenvalue weighted by Crippen LogP contribution is -2.21. The standard InChI is InChI=1S/C23H26N6O/c1-14(2)29-22-18(10-25-29)23(30)27-21(26-22)19-13-28(11-15(19)3)12-16-8-17-6-4-5-7-20(17)24-9-16/h4-10,14-15,19H,11-13H2,1-3H3,(H,26,27,30). The van der Waals surface area contributed by atoms with E-state index in [2.05, 4.69) is 39.0 Å². The lowest BCUT2D eigenvalue weighted by Gasteiger charge is -2.16. The number of fused-ring (bicyclic) bond motifs is 2. The molecular weight excluding hydrogens is 376 g/mol. The van der Waals surface area contributed by atoms with Gasteiger partial charge in [0.25, 0.3) is 5.56 Å². The van der Waals surface area contributed by atoms with Crippen molar-refractivity contribution in [1.29, 1.82) is 0 Å². The number of hydrogen-bond donors (Lipinski definition) is 1. The van der Waals surface area contributed by atoms with Gasteiger partial charge in [0.15, 0.2) is 5.65 Å². The Bertz CT molecular complexity index is 1270. The zero-order valence-corrected chi connectivity index (χ0v) is 17.5. The lowest BCUT2D eigenvalue weighted by atomic mass is 9.97. The van der Waals surface area contributed by atoms with Gasteiger partial charge in [-0.2, -0.15) is 5.10 Å². The van der Waals surface area contributed by atoms with E-state index in [9.17, 15) is 4.79 Å². The molecule has 1 aliphatic rings. The molecule has 4 aromatic rings. The van der Waals surface area contributed by atoms with E-state index in [4.69, 9.17) is 4.98 Å². The van der Waals surface area contributed by atoms with Gasteiger partial charge in [-0.25, -0.2) is 9.67 Å². The fourth-order valence-electron chi connectivity index (χ4n) is 4.52. The molecule has 4 heterocycles. The van der Waals surface area contributed by atoms with Crippen LogP contribution < -0.4 is 5.56 Å². The molecule has 1 saturated heterocycles. The second kappa shape index (κ2) is 7.32. The Hall–Kier alpha value is -3.06. The van der Waals surface area contributed by atoms with Crippen LogP contribution in [0.4, 0.5) is 0 Å². The van der Waals surface area contributed by atoms with Crippen LogP contribution in [0.2, 0.25) is 0 Å². The largest absolute Gasteiger partial charge is 0.310 e. The van der Waals surface area contributed by atoms with Gasteiger partial charge in [-0.15, -0.1) is 0 Å². The van der Waals surface area contributed by atoms with Crippen molar-refractivity contribution in [3.05, 3.63) is 64.5 Å². The third-order valence-corrected chi connectivity index (χ3v) is 6.06. The van der Waals surface area contributed by atoms with Crippen molar-refractivity contribution in [3.63, 3.8) is 0 Å². The number of nitrogens with one attached hydrogen (secondary N) is 1. The summed E-state index contributed by atoms with van der Waals surface area (Å²) in [5.74, 6) is 1.35. The van der Waals surface area contributed by atoms with Gasteiger partial charge in [-0.1, -0.05) is 25.1 Å². The first-order valence-corrected chi connectivity index (χ1v) is 10.5. The fraction of sp³-hybridized carbons (Fsp3) is 0.391. The number of nitrogens with zero attached hydrogens (tertiary/aromatic N) is 5. The molecule has 2 unspecified atom stereocenters. The summed E-state index contributed by atoms with van der Waals surface area (Å²) in [6, 6.07) is 10.6. The molecule has 0 spiro atoms. The predicted molar refractivity (Wildman–Crippen MR) is 117 cm³/mol. The Kier molecular flexibility index (Phi) is 4.62. The van der Waals surface area contributed by atoms with Crippen LogP contribution in [0.25, 0.3) is 21.9 Å². The van der Waals surface area contributed by atoms with Gasteiger partial charge in [0, 0.05) is 43.2 Å². The smallest absolute Gasteiger partial charge is 0.262 e. The second-order valence-corrected chi connectivity index (χ2v) is 8.69. The second-order valence-electron chi connectivity index (χ2n) is 8.69. The molecule has 1 fully saturated rings. The Morgan fingerprint density at radius 3 is 2.87 bits per heavy atom. The van der Waals surface area contributed by atoms with Crippen molar-refractivity contribution >= 4 is 21.9 Å². The number of aromatic nitrogens is 5. The number of benzene rings is 1. The first kappa shape index (κ1) is 18.9. The third kappa shape index (κ3) is 3.29. The van der Waals surface area contributed by atoms with Crippen LogP contribution in [0.3, 0.4) is 0 Å². The van der Waals surface area contributed by atoms with E-state index in [1.807, 2.05) is 42.9 Å². The van der Waals surface area contributed by atoms with Crippen molar-refractivity contribution in [2.45, 2.75) is 39.3 Å². The van der Waals surface area contributed by atoms with Crippen molar-refractivity contribution < 1.29 is 0 Å². The molecule has 2 atom stereocenters. The lowest BCUT2D eigenvalue weighted by molar-refractivity contribution is 0.318. The molecule has 7 nitrogen and oxygen atoms in total. The zero-order chi connectivity index (χ0) is 20.8. The highest BCUT2D eigenvalue weighted by Crippen LogP contribution is 2.31. The maximum Gasteiger partial charge on any atom is 0.262 e. The average Bonchev–Trinajstić information content (AvgIpc) is 3.31. The van der Waals surface area contributed by atoms with Gasteiger partial charge in [-0.05, 0) is 37.5 Å². The predicted octanol–water partition coefficient (Wildman–Crippen LogP) is 3.48. The van der Waals surface area contributed by atoms with Gasteiger partial charge in [0.2, 0.25) is 0 Å². The van der Waals surface area contributed by atoms with Gasteiger partial charge in [-0.3, -0.25) is 14.7 Å². The zero-order valence-electron chi connectivity index (χ0n) is 17.5. The molecule has 0 saturated carbocycles. The Labute approximate surface area is 174 Å². The number of likely N-dealkylation sites (tertiary alicyclic amines) is 1. The summed E-state index contributed by atoms with van der Waals surface area (Å²) in [5, 5.41) is 6.07. The molecule has 154 valence electrons. The SMILES string of the molecule is CC1CN(Cc2cnc3ccccc3c2)CC1c1nc2c(cnn2C(C)C)c(=O)[nH]1. The van der Waals surface area contributed by atoms with Gasteiger partial charge < -0.3 is 4.98 Å². The van der Waals surface area contributed by atoms with Crippen LogP contribution in [-0.2, 0) is 6.54 Å². The van der Waals surface area contributed by atoms with Crippen molar-refractivity contribution in [3.8, 4) is 0 Å². The highest BCUT2D eigenvalue weighted by molar-refractivity contribution is 5.78. The van der Waals surface area contributed by atoms with Crippen molar-refractivity contribution in [2.24, 2.45) is 5.92 Å². The van der Waals surface area contributed by atoms with Gasteiger partial charge in [0.1, 0.15) is 11.2 Å². The summed E-state index contributed by atoms with van der Waals surface area (Å²) in [4.78, 5) is 27.5. The molecule has 3 aromatic heterocycles. The monoisotopic (exact) mass is 402 g/mol. The normalized spacial score (nSPS) is 20.0. The van der Waals surface area contributed by atoms with Crippen LogP contribution in [-0.4, -0.2) is 42.7 Å². The van der Waals surface area contributed by atoms with Crippen molar-refractivity contribution in [1.82, 2.24) is 29.6 Å². The minimum Gasteiger partial charge on any atom is -0.310 e. The van der Waals surface area contributed by atoms with Gasteiger partial charge in [0.05, 0.1) is 11.7 Å². The molecule has 0 radical (unpaired) electrons. The third-order valence-electron chi connectivity index (χ3n) is 6.06. The highest BCUT2D eigenvalue weighted by atomic mass is 16.1. The minimum atomic E-state index is -0.105. The highest BCUT2D eigenvalue weighted by Gasteiger charge is 2.33. The van der Waals surface area contributed by atoms with E-state index in [1.54, 1.807) is 6.20 Å². The molecule has 1 aromatic carbocycles. The maximum atomic E-state index is 12.6.